The van der Waals surface area contributed by atoms with E-state index in [0.29, 0.717) is 13.2 Å². The van der Waals surface area contributed by atoms with Crippen molar-refractivity contribution in [2.75, 3.05) is 20.3 Å². The van der Waals surface area contributed by atoms with Crippen molar-refractivity contribution in [3.8, 4) is 0 Å². The van der Waals surface area contributed by atoms with E-state index in [1.165, 1.54) is 0 Å². The van der Waals surface area contributed by atoms with Gasteiger partial charge in [-0.25, -0.2) is 0 Å². The Morgan fingerprint density at radius 2 is 2.17 bits per heavy atom. The fourth-order valence-corrected chi connectivity index (χ4v) is 0.769. The number of ether oxygens (including phenoxy) is 1. The Bertz CT molecular complexity index is 142. The molecule has 0 aliphatic rings. The van der Waals surface area contributed by atoms with E-state index in [2.05, 4.69) is 21.2 Å². The largest absolute Gasteiger partial charge is 0.385 e. The summed E-state index contributed by atoms with van der Waals surface area (Å²) in [7, 11) is 1.65. The number of alkyl halides is 1. The SMILES string of the molecule is COCCCNC(=O)C(C)(C)Br. The number of hydrogen-bond donors (Lipinski definition) is 1. The number of methoxy groups -OCH3 is 1. The highest BCUT2D eigenvalue weighted by Crippen LogP contribution is 2.14. The van der Waals surface area contributed by atoms with E-state index in [9.17, 15) is 4.79 Å². The van der Waals surface area contributed by atoms with E-state index >= 15 is 0 Å². The quantitative estimate of drug-likeness (QED) is 0.579. The van der Waals surface area contributed by atoms with Gasteiger partial charge in [0.25, 0.3) is 0 Å². The minimum atomic E-state index is -0.472. The van der Waals surface area contributed by atoms with Crippen molar-refractivity contribution < 1.29 is 9.53 Å². The first-order valence-corrected chi connectivity index (χ1v) is 4.74. The van der Waals surface area contributed by atoms with Crippen LogP contribution in [0.2, 0.25) is 0 Å². The lowest BCUT2D eigenvalue weighted by atomic mass is 10.2. The smallest absolute Gasteiger partial charge is 0.236 e. The molecule has 0 spiro atoms. The Labute approximate surface area is 82.0 Å². The zero-order valence-corrected chi connectivity index (χ0v) is 9.40. The lowest BCUT2D eigenvalue weighted by Gasteiger charge is -2.15. The second kappa shape index (κ2) is 5.54. The van der Waals surface area contributed by atoms with Gasteiger partial charge in [-0.2, -0.15) is 0 Å². The van der Waals surface area contributed by atoms with Gasteiger partial charge in [0.05, 0.1) is 4.32 Å². The van der Waals surface area contributed by atoms with Gasteiger partial charge in [-0.3, -0.25) is 4.79 Å². The molecular formula is C8H16BrNO2. The summed E-state index contributed by atoms with van der Waals surface area (Å²) in [5, 5.41) is 2.79. The molecule has 4 heteroatoms. The first kappa shape index (κ1) is 11.9. The molecule has 1 N–H and O–H groups in total. The van der Waals surface area contributed by atoms with Gasteiger partial charge in [-0.1, -0.05) is 15.9 Å². The molecule has 0 rings (SSSR count). The molecule has 0 saturated carbocycles. The molecule has 0 aromatic rings. The third-order valence-electron chi connectivity index (χ3n) is 1.35. The van der Waals surface area contributed by atoms with Crippen LogP contribution in [0, 0.1) is 0 Å². The Morgan fingerprint density at radius 1 is 1.58 bits per heavy atom. The van der Waals surface area contributed by atoms with Crippen LogP contribution in [0.5, 0.6) is 0 Å². The topological polar surface area (TPSA) is 38.3 Å². The second-order valence-corrected chi connectivity index (χ2v) is 5.06. The van der Waals surface area contributed by atoms with Crippen molar-refractivity contribution in [1.82, 2.24) is 5.32 Å². The fraction of sp³-hybridized carbons (Fsp3) is 0.875. The number of carbonyl (C=O) groups excluding carboxylic acids is 1. The summed E-state index contributed by atoms with van der Waals surface area (Å²) in [6.07, 6.45) is 0.853. The number of rotatable bonds is 5. The van der Waals surface area contributed by atoms with Gasteiger partial charge in [0.15, 0.2) is 0 Å². The molecule has 0 unspecified atom stereocenters. The average molecular weight is 238 g/mol. The monoisotopic (exact) mass is 237 g/mol. The number of nitrogens with one attached hydrogen (secondary N) is 1. The molecule has 0 atom stereocenters. The molecule has 0 bridgehead atoms. The highest BCUT2D eigenvalue weighted by molar-refractivity contribution is 9.10. The summed E-state index contributed by atoms with van der Waals surface area (Å²) >= 11 is 3.27. The molecule has 0 heterocycles. The molecule has 0 aromatic heterocycles. The Kier molecular flexibility index (Phi) is 5.50. The minimum absolute atomic E-state index is 0.0126. The highest BCUT2D eigenvalue weighted by atomic mass is 79.9. The molecule has 0 saturated heterocycles. The van der Waals surface area contributed by atoms with Crippen LogP contribution in [0.4, 0.5) is 0 Å². The normalized spacial score (nSPS) is 11.3. The van der Waals surface area contributed by atoms with Crippen LogP contribution in [0.1, 0.15) is 20.3 Å². The van der Waals surface area contributed by atoms with E-state index in [-0.39, 0.29) is 5.91 Å². The maximum absolute atomic E-state index is 11.2. The summed E-state index contributed by atoms with van der Waals surface area (Å²) in [6.45, 7) is 4.99. The van der Waals surface area contributed by atoms with Gasteiger partial charge < -0.3 is 10.1 Å². The van der Waals surface area contributed by atoms with E-state index < -0.39 is 4.32 Å². The van der Waals surface area contributed by atoms with Gasteiger partial charge in [-0.15, -0.1) is 0 Å². The van der Waals surface area contributed by atoms with Crippen LogP contribution in [0.15, 0.2) is 0 Å². The molecule has 12 heavy (non-hydrogen) atoms. The number of carbonyl (C=O) groups is 1. The van der Waals surface area contributed by atoms with Gasteiger partial charge in [0, 0.05) is 20.3 Å². The number of hydrogen-bond acceptors (Lipinski definition) is 2. The van der Waals surface area contributed by atoms with E-state index in [4.69, 9.17) is 4.74 Å². The number of halogens is 1. The van der Waals surface area contributed by atoms with Gasteiger partial charge in [0.1, 0.15) is 0 Å². The molecule has 3 nitrogen and oxygen atoms in total. The summed E-state index contributed by atoms with van der Waals surface area (Å²) in [5.41, 5.74) is 0. The molecule has 1 amide bonds. The minimum Gasteiger partial charge on any atom is -0.385 e. The molecule has 0 radical (unpaired) electrons. The van der Waals surface area contributed by atoms with Crippen LogP contribution >= 0.6 is 15.9 Å². The first-order valence-electron chi connectivity index (χ1n) is 3.94. The standard InChI is InChI=1S/C8H16BrNO2/c1-8(2,9)7(11)10-5-4-6-12-3/h4-6H2,1-3H3,(H,10,11). The summed E-state index contributed by atoms with van der Waals surface area (Å²) in [6, 6.07) is 0. The first-order chi connectivity index (χ1) is 5.48. The van der Waals surface area contributed by atoms with Crippen LogP contribution in [-0.4, -0.2) is 30.5 Å². The van der Waals surface area contributed by atoms with E-state index in [1.807, 2.05) is 13.8 Å². The van der Waals surface area contributed by atoms with Crippen LogP contribution < -0.4 is 5.32 Å². The molecule has 0 aromatic carbocycles. The fourth-order valence-electron chi connectivity index (χ4n) is 0.629. The molecular weight excluding hydrogens is 222 g/mol. The molecule has 0 fully saturated rings. The zero-order chi connectivity index (χ0) is 9.61. The highest BCUT2D eigenvalue weighted by Gasteiger charge is 2.22. The van der Waals surface area contributed by atoms with E-state index in [0.717, 1.165) is 6.42 Å². The third-order valence-corrected chi connectivity index (χ3v) is 1.71. The van der Waals surface area contributed by atoms with E-state index in [1.54, 1.807) is 7.11 Å². The number of amides is 1. The Hall–Kier alpha value is -0.0900. The van der Waals surface area contributed by atoms with Crippen LogP contribution in [-0.2, 0) is 9.53 Å². The Morgan fingerprint density at radius 3 is 2.58 bits per heavy atom. The predicted molar refractivity (Wildman–Crippen MR) is 52.5 cm³/mol. The summed E-state index contributed by atoms with van der Waals surface area (Å²) < 4.78 is 4.37. The lowest BCUT2D eigenvalue weighted by molar-refractivity contribution is -0.122. The van der Waals surface area contributed by atoms with Gasteiger partial charge in [-0.05, 0) is 20.3 Å². The van der Waals surface area contributed by atoms with Crippen molar-refractivity contribution in [2.24, 2.45) is 0 Å². The van der Waals surface area contributed by atoms with Crippen molar-refractivity contribution in [3.05, 3.63) is 0 Å². The molecule has 72 valence electrons. The van der Waals surface area contributed by atoms with Crippen molar-refractivity contribution in [3.63, 3.8) is 0 Å². The van der Waals surface area contributed by atoms with Crippen molar-refractivity contribution >= 4 is 21.8 Å². The molecule has 0 aliphatic heterocycles. The predicted octanol–water partition coefficient (Wildman–Crippen LogP) is 1.31. The van der Waals surface area contributed by atoms with Crippen LogP contribution in [0.25, 0.3) is 0 Å². The van der Waals surface area contributed by atoms with Crippen molar-refractivity contribution in [1.29, 1.82) is 0 Å². The third kappa shape index (κ3) is 5.55. The second-order valence-electron chi connectivity index (χ2n) is 3.07. The summed E-state index contributed by atoms with van der Waals surface area (Å²) in [4.78, 5) is 11.2. The van der Waals surface area contributed by atoms with Gasteiger partial charge >= 0.3 is 0 Å². The zero-order valence-electron chi connectivity index (χ0n) is 7.82. The average Bonchev–Trinajstić information content (AvgIpc) is 1.96. The summed E-state index contributed by atoms with van der Waals surface area (Å²) in [5.74, 6) is 0.0126. The van der Waals surface area contributed by atoms with Gasteiger partial charge in [0.2, 0.25) is 5.91 Å². The molecule has 0 aliphatic carbocycles. The Balaban J connectivity index is 3.45. The van der Waals surface area contributed by atoms with Crippen LogP contribution in [0.3, 0.4) is 0 Å². The van der Waals surface area contributed by atoms with Crippen molar-refractivity contribution in [2.45, 2.75) is 24.6 Å². The maximum atomic E-state index is 11.2. The maximum Gasteiger partial charge on any atom is 0.236 e. The lowest BCUT2D eigenvalue weighted by Crippen LogP contribution is -2.38.